The SMILES string of the molecule is CCOC(=O)c1nc(N2CCOCC2)n(C)c(=O)c1OCc1ccccc1. The van der Waals surface area contributed by atoms with Crippen LogP contribution in [-0.2, 0) is 23.1 Å². The van der Waals surface area contributed by atoms with E-state index in [1.165, 1.54) is 4.57 Å². The maximum Gasteiger partial charge on any atom is 0.361 e. The number of morpholine rings is 1. The lowest BCUT2D eigenvalue weighted by atomic mass is 10.2. The second kappa shape index (κ2) is 8.68. The Bertz CT molecular complexity index is 844. The second-order valence-corrected chi connectivity index (χ2v) is 6.05. The first kappa shape index (κ1) is 18.9. The Labute approximate surface area is 157 Å². The van der Waals surface area contributed by atoms with Crippen molar-refractivity contribution >= 4 is 11.9 Å². The topological polar surface area (TPSA) is 82.9 Å². The van der Waals surface area contributed by atoms with Crippen LogP contribution >= 0.6 is 0 Å². The van der Waals surface area contributed by atoms with Crippen molar-refractivity contribution in [3.05, 3.63) is 51.9 Å². The highest BCUT2D eigenvalue weighted by molar-refractivity contribution is 5.90. The Balaban J connectivity index is 1.98. The van der Waals surface area contributed by atoms with Gasteiger partial charge in [0, 0.05) is 20.1 Å². The molecule has 0 bridgehead atoms. The van der Waals surface area contributed by atoms with E-state index in [9.17, 15) is 9.59 Å². The van der Waals surface area contributed by atoms with Crippen molar-refractivity contribution in [1.29, 1.82) is 0 Å². The van der Waals surface area contributed by atoms with Gasteiger partial charge in [-0.2, -0.15) is 0 Å². The van der Waals surface area contributed by atoms with E-state index in [-0.39, 0.29) is 24.7 Å². The summed E-state index contributed by atoms with van der Waals surface area (Å²) < 4.78 is 17.5. The first-order chi connectivity index (χ1) is 13.1. The van der Waals surface area contributed by atoms with Gasteiger partial charge in [-0.3, -0.25) is 9.36 Å². The summed E-state index contributed by atoms with van der Waals surface area (Å²) in [5, 5.41) is 0. The molecule has 1 aliphatic rings. The van der Waals surface area contributed by atoms with Crippen LogP contribution in [0, 0.1) is 0 Å². The average molecular weight is 373 g/mol. The number of hydrogen-bond donors (Lipinski definition) is 0. The minimum absolute atomic E-state index is 0.0997. The standard InChI is InChI=1S/C19H23N3O5/c1-3-26-18(24)15-16(27-13-14-7-5-4-6-8-14)17(23)21(2)19(20-15)22-9-11-25-12-10-22/h4-8H,3,9-13H2,1-2H3. The summed E-state index contributed by atoms with van der Waals surface area (Å²) in [5.41, 5.74) is 0.356. The van der Waals surface area contributed by atoms with Gasteiger partial charge in [0.2, 0.25) is 11.7 Å². The highest BCUT2D eigenvalue weighted by Crippen LogP contribution is 2.19. The van der Waals surface area contributed by atoms with Gasteiger partial charge in [-0.05, 0) is 12.5 Å². The highest BCUT2D eigenvalue weighted by atomic mass is 16.5. The van der Waals surface area contributed by atoms with Gasteiger partial charge in [-0.1, -0.05) is 30.3 Å². The molecule has 0 unspecified atom stereocenters. The number of aromatic nitrogens is 2. The maximum absolute atomic E-state index is 12.9. The van der Waals surface area contributed by atoms with E-state index in [4.69, 9.17) is 14.2 Å². The largest absolute Gasteiger partial charge is 0.481 e. The summed E-state index contributed by atoms with van der Waals surface area (Å²) in [7, 11) is 1.62. The van der Waals surface area contributed by atoms with Gasteiger partial charge in [0.25, 0.3) is 5.56 Å². The molecule has 0 radical (unpaired) electrons. The van der Waals surface area contributed by atoms with E-state index in [0.29, 0.717) is 32.3 Å². The number of benzene rings is 1. The van der Waals surface area contributed by atoms with Crippen molar-refractivity contribution in [3.8, 4) is 5.75 Å². The minimum atomic E-state index is -0.673. The molecule has 0 saturated carbocycles. The van der Waals surface area contributed by atoms with E-state index >= 15 is 0 Å². The van der Waals surface area contributed by atoms with Crippen molar-refractivity contribution in [2.75, 3.05) is 37.8 Å². The van der Waals surface area contributed by atoms with Crippen LogP contribution in [0.5, 0.6) is 5.75 Å². The molecule has 8 heteroatoms. The third kappa shape index (κ3) is 4.28. The van der Waals surface area contributed by atoms with Gasteiger partial charge in [0.15, 0.2) is 5.69 Å². The molecule has 0 atom stereocenters. The number of anilines is 1. The third-order valence-electron chi connectivity index (χ3n) is 4.21. The van der Waals surface area contributed by atoms with E-state index in [1.807, 2.05) is 35.2 Å². The molecule has 1 aromatic heterocycles. The molecule has 2 aromatic rings. The second-order valence-electron chi connectivity index (χ2n) is 6.05. The molecular weight excluding hydrogens is 350 g/mol. The molecule has 0 amide bonds. The predicted molar refractivity (Wildman–Crippen MR) is 99.2 cm³/mol. The Morgan fingerprint density at radius 1 is 1.22 bits per heavy atom. The van der Waals surface area contributed by atoms with Crippen LogP contribution in [0.1, 0.15) is 23.0 Å². The number of rotatable bonds is 6. The molecule has 2 heterocycles. The van der Waals surface area contributed by atoms with E-state index in [0.717, 1.165) is 5.56 Å². The Morgan fingerprint density at radius 3 is 2.59 bits per heavy atom. The van der Waals surface area contributed by atoms with Crippen molar-refractivity contribution in [1.82, 2.24) is 9.55 Å². The van der Waals surface area contributed by atoms with Gasteiger partial charge in [-0.15, -0.1) is 0 Å². The first-order valence-electron chi connectivity index (χ1n) is 8.89. The number of carbonyl (C=O) groups is 1. The molecule has 1 aliphatic heterocycles. The summed E-state index contributed by atoms with van der Waals surface area (Å²) in [6, 6.07) is 9.41. The van der Waals surface area contributed by atoms with Crippen LogP contribution in [0.4, 0.5) is 5.95 Å². The predicted octanol–water partition coefficient (Wildman–Crippen LogP) is 1.37. The van der Waals surface area contributed by atoms with Crippen LogP contribution in [0.15, 0.2) is 35.1 Å². The molecule has 144 valence electrons. The van der Waals surface area contributed by atoms with E-state index in [2.05, 4.69) is 4.98 Å². The van der Waals surface area contributed by atoms with Crippen LogP contribution in [0.25, 0.3) is 0 Å². The fraction of sp³-hybridized carbons (Fsp3) is 0.421. The van der Waals surface area contributed by atoms with Gasteiger partial charge >= 0.3 is 5.97 Å². The van der Waals surface area contributed by atoms with Gasteiger partial charge < -0.3 is 19.1 Å². The lowest BCUT2D eigenvalue weighted by Gasteiger charge is -2.29. The van der Waals surface area contributed by atoms with Crippen LogP contribution in [0.2, 0.25) is 0 Å². The molecule has 1 saturated heterocycles. The molecule has 0 aliphatic carbocycles. The molecule has 0 spiro atoms. The third-order valence-corrected chi connectivity index (χ3v) is 4.21. The van der Waals surface area contributed by atoms with Crippen LogP contribution < -0.4 is 15.2 Å². The minimum Gasteiger partial charge on any atom is -0.481 e. The quantitative estimate of drug-likeness (QED) is 0.707. The number of ether oxygens (including phenoxy) is 3. The zero-order valence-corrected chi connectivity index (χ0v) is 15.5. The fourth-order valence-electron chi connectivity index (χ4n) is 2.81. The Kier molecular flexibility index (Phi) is 6.08. The molecule has 27 heavy (non-hydrogen) atoms. The normalized spacial score (nSPS) is 14.1. The van der Waals surface area contributed by atoms with E-state index in [1.54, 1.807) is 14.0 Å². The summed E-state index contributed by atoms with van der Waals surface area (Å²) in [6.07, 6.45) is 0. The summed E-state index contributed by atoms with van der Waals surface area (Å²) >= 11 is 0. The summed E-state index contributed by atoms with van der Waals surface area (Å²) in [6.45, 7) is 4.29. The zero-order chi connectivity index (χ0) is 19.2. The van der Waals surface area contributed by atoms with Crippen molar-refractivity contribution < 1.29 is 19.0 Å². The lowest BCUT2D eigenvalue weighted by Crippen LogP contribution is -2.41. The van der Waals surface area contributed by atoms with Crippen LogP contribution in [-0.4, -0.2) is 48.4 Å². The summed E-state index contributed by atoms with van der Waals surface area (Å²) in [4.78, 5) is 31.7. The molecule has 1 fully saturated rings. The number of nitrogens with zero attached hydrogens (tertiary/aromatic N) is 3. The number of carbonyl (C=O) groups excluding carboxylic acids is 1. The van der Waals surface area contributed by atoms with Crippen molar-refractivity contribution in [3.63, 3.8) is 0 Å². The lowest BCUT2D eigenvalue weighted by molar-refractivity contribution is 0.0512. The zero-order valence-electron chi connectivity index (χ0n) is 15.5. The Morgan fingerprint density at radius 2 is 1.93 bits per heavy atom. The summed E-state index contributed by atoms with van der Waals surface area (Å²) in [5.74, 6) is -0.372. The number of hydrogen-bond acceptors (Lipinski definition) is 7. The highest BCUT2D eigenvalue weighted by Gasteiger charge is 2.26. The smallest absolute Gasteiger partial charge is 0.361 e. The van der Waals surface area contributed by atoms with Gasteiger partial charge in [-0.25, -0.2) is 9.78 Å². The molecule has 8 nitrogen and oxygen atoms in total. The van der Waals surface area contributed by atoms with Gasteiger partial charge in [0.05, 0.1) is 19.8 Å². The molecule has 1 aromatic carbocycles. The van der Waals surface area contributed by atoms with Crippen LogP contribution in [0.3, 0.4) is 0 Å². The molecule has 0 N–H and O–H groups in total. The molecule has 3 rings (SSSR count). The molecular formula is C19H23N3O5. The van der Waals surface area contributed by atoms with Crippen molar-refractivity contribution in [2.45, 2.75) is 13.5 Å². The first-order valence-corrected chi connectivity index (χ1v) is 8.89. The monoisotopic (exact) mass is 373 g/mol. The Hall–Kier alpha value is -2.87. The fourth-order valence-corrected chi connectivity index (χ4v) is 2.81. The van der Waals surface area contributed by atoms with Crippen molar-refractivity contribution in [2.24, 2.45) is 7.05 Å². The average Bonchev–Trinajstić information content (AvgIpc) is 2.70. The van der Waals surface area contributed by atoms with Gasteiger partial charge in [0.1, 0.15) is 6.61 Å². The maximum atomic E-state index is 12.9. The number of esters is 1. The van der Waals surface area contributed by atoms with E-state index < -0.39 is 11.5 Å².